The number of hydrogen-bond donors (Lipinski definition) is 2. The molecule has 0 aliphatic rings. The molecule has 0 aliphatic carbocycles. The summed E-state index contributed by atoms with van der Waals surface area (Å²) in [5.41, 5.74) is 0.331. The fourth-order valence-corrected chi connectivity index (χ4v) is 1.96. The quantitative estimate of drug-likeness (QED) is 0.531. The molecule has 0 spiro atoms. The summed E-state index contributed by atoms with van der Waals surface area (Å²) >= 11 is 0. The fourth-order valence-electron chi connectivity index (χ4n) is 1.96. The molecule has 28 heavy (non-hydrogen) atoms. The first-order valence-corrected chi connectivity index (χ1v) is 9.45. The maximum Gasteiger partial charge on any atom is 1.00 e. The van der Waals surface area contributed by atoms with Gasteiger partial charge in [0.25, 0.3) is 0 Å². The molecule has 5 heteroatoms. The van der Waals surface area contributed by atoms with E-state index in [1.54, 1.807) is 30.3 Å². The first-order chi connectivity index (χ1) is 13.0. The minimum Gasteiger partial charge on any atom is -0.491 e. The van der Waals surface area contributed by atoms with E-state index >= 15 is 0 Å². The Morgan fingerprint density at radius 3 is 1.96 bits per heavy atom. The summed E-state index contributed by atoms with van der Waals surface area (Å²) in [5.74, 6) is 0.627. The molecule has 0 heterocycles. The van der Waals surface area contributed by atoms with Crippen LogP contribution in [0.3, 0.4) is 0 Å². The number of carboxylic acids is 1. The Labute approximate surface area is 192 Å². The van der Waals surface area contributed by atoms with Crippen molar-refractivity contribution in [2.24, 2.45) is 5.92 Å². The molecule has 0 radical (unpaired) electrons. The number of carboxylic acid groups (broad SMARTS) is 1. The smallest absolute Gasteiger partial charge is 0.491 e. The molecule has 2 N–H and O–H groups in total. The van der Waals surface area contributed by atoms with Gasteiger partial charge in [-0.25, -0.2) is 4.79 Å². The summed E-state index contributed by atoms with van der Waals surface area (Å²) in [6.45, 7) is 8.85. The van der Waals surface area contributed by atoms with E-state index < -0.39 is 5.97 Å². The van der Waals surface area contributed by atoms with Crippen molar-refractivity contribution in [3.05, 3.63) is 73.2 Å². The van der Waals surface area contributed by atoms with E-state index in [4.69, 9.17) is 14.9 Å². The molecule has 0 aromatic heterocycles. The number of ether oxygens (including phenoxy) is 1. The maximum absolute atomic E-state index is 10.2. The van der Waals surface area contributed by atoms with Crippen molar-refractivity contribution >= 4 is 5.97 Å². The van der Waals surface area contributed by atoms with Gasteiger partial charge in [0, 0.05) is 0 Å². The molecule has 0 fully saturated rings. The Hall–Kier alpha value is -1.33. The van der Waals surface area contributed by atoms with E-state index in [-0.39, 0.29) is 36.2 Å². The fraction of sp³-hybridized carbons (Fsp3) is 0.391. The molecule has 0 bridgehead atoms. The number of rotatable bonds is 8. The number of unbranched alkanes of at least 4 members (excludes halogenated alkanes) is 1. The van der Waals surface area contributed by atoms with E-state index in [1.807, 2.05) is 30.3 Å². The Morgan fingerprint density at radius 2 is 1.57 bits per heavy atom. The number of aromatic carboxylic acids is 1. The number of hydrogen-bond acceptors (Lipinski definition) is 3. The van der Waals surface area contributed by atoms with E-state index in [0.29, 0.717) is 18.1 Å². The largest absolute Gasteiger partial charge is 1.00 e. The third-order valence-corrected chi connectivity index (χ3v) is 3.67. The summed E-state index contributed by atoms with van der Waals surface area (Å²) < 4.78 is 5.11. The van der Waals surface area contributed by atoms with Gasteiger partial charge >= 0.3 is 35.5 Å². The molecule has 2 aromatic rings. The third kappa shape index (κ3) is 16.8. The molecule has 4 nitrogen and oxygen atoms in total. The Balaban J connectivity index is 0. The molecule has 0 amide bonds. The van der Waals surface area contributed by atoms with Gasteiger partial charge in [-0.3, -0.25) is 0 Å². The summed E-state index contributed by atoms with van der Waals surface area (Å²) in [5, 5.41) is 16.8. The average molecular weight is 397 g/mol. The van der Waals surface area contributed by atoms with Crippen LogP contribution in [0.4, 0.5) is 0 Å². The van der Waals surface area contributed by atoms with E-state index in [1.165, 1.54) is 25.7 Å². The van der Waals surface area contributed by atoms with Gasteiger partial charge in [-0.2, -0.15) is 5.92 Å². The normalized spacial score (nSPS) is 10.1. The summed E-state index contributed by atoms with van der Waals surface area (Å²) in [7, 11) is 0. The predicted molar refractivity (Wildman–Crippen MR) is 111 cm³/mol. The predicted octanol–water partition coefficient (Wildman–Crippen LogP) is 2.48. The summed E-state index contributed by atoms with van der Waals surface area (Å²) in [6.07, 6.45) is 5.21. The molecule has 1 unspecified atom stereocenters. The number of carbonyl (C=O) groups is 1. The standard InChI is InChI=1S/C8H10O2.C8H17.C7H6O2.Na/c9-6-7-10-8-4-2-1-3-5-8;1-4-6-7-8(3)5-2;8-7(9)6-4-2-1-3-5-6;/h1-5,9H,6-7H2;8H,3-7H2,1-2H3;1-5H,(H,8,9);/q;-1;;+1. The third-order valence-electron chi connectivity index (χ3n) is 3.67. The van der Waals surface area contributed by atoms with Gasteiger partial charge in [-0.1, -0.05) is 75.9 Å². The minimum absolute atomic E-state index is 0. The minimum atomic E-state index is -0.879. The van der Waals surface area contributed by atoms with Gasteiger partial charge in [0.05, 0.1) is 12.2 Å². The van der Waals surface area contributed by atoms with Gasteiger partial charge in [0.15, 0.2) is 0 Å². The van der Waals surface area contributed by atoms with Crippen LogP contribution in [0.15, 0.2) is 60.7 Å². The van der Waals surface area contributed by atoms with Crippen LogP contribution in [-0.4, -0.2) is 29.4 Å². The topological polar surface area (TPSA) is 66.8 Å². The Morgan fingerprint density at radius 1 is 1.04 bits per heavy atom. The number of aliphatic hydroxyl groups excluding tert-OH is 1. The summed E-state index contributed by atoms with van der Waals surface area (Å²) in [4.78, 5) is 10.2. The van der Waals surface area contributed by atoms with Crippen molar-refractivity contribution in [1.82, 2.24) is 0 Å². The molecule has 0 saturated carbocycles. The van der Waals surface area contributed by atoms with Crippen molar-refractivity contribution in [2.45, 2.75) is 39.5 Å². The Bertz CT molecular complexity index is 576. The van der Waals surface area contributed by atoms with Gasteiger partial charge in [-0.15, -0.1) is 0 Å². The van der Waals surface area contributed by atoms with Crippen LogP contribution in [0, 0.1) is 12.8 Å². The zero-order valence-electron chi connectivity index (χ0n) is 17.5. The molecule has 0 aliphatic heterocycles. The first kappa shape index (κ1) is 28.9. The molecule has 150 valence electrons. The van der Waals surface area contributed by atoms with Crippen LogP contribution in [0.2, 0.25) is 0 Å². The maximum atomic E-state index is 10.2. The van der Waals surface area contributed by atoms with Crippen molar-refractivity contribution in [2.75, 3.05) is 13.2 Å². The van der Waals surface area contributed by atoms with Crippen molar-refractivity contribution in [1.29, 1.82) is 0 Å². The zero-order valence-corrected chi connectivity index (χ0v) is 19.5. The number of benzene rings is 2. The van der Waals surface area contributed by atoms with E-state index in [0.717, 1.165) is 5.75 Å². The van der Waals surface area contributed by atoms with Crippen LogP contribution >= 0.6 is 0 Å². The summed E-state index contributed by atoms with van der Waals surface area (Å²) in [6, 6.07) is 17.7. The second-order valence-corrected chi connectivity index (χ2v) is 5.97. The molecule has 0 saturated heterocycles. The van der Waals surface area contributed by atoms with Gasteiger partial charge in [0.1, 0.15) is 12.4 Å². The van der Waals surface area contributed by atoms with Gasteiger partial charge < -0.3 is 21.9 Å². The molecular formula is C23H33NaO4. The number of para-hydroxylation sites is 1. The second-order valence-electron chi connectivity index (χ2n) is 5.97. The van der Waals surface area contributed by atoms with Gasteiger partial charge in [0.2, 0.25) is 0 Å². The van der Waals surface area contributed by atoms with Crippen molar-refractivity contribution in [3.63, 3.8) is 0 Å². The Kier molecular flexibility index (Phi) is 21.0. The van der Waals surface area contributed by atoms with E-state index in [2.05, 4.69) is 20.8 Å². The monoisotopic (exact) mass is 396 g/mol. The number of aliphatic hydroxyl groups is 1. The zero-order chi connectivity index (χ0) is 20.3. The SMILES string of the molecule is O=C(O)c1ccccc1.OCCOc1ccccc1.[CH2-]C(CC)CCCC.[Na+]. The first-order valence-electron chi connectivity index (χ1n) is 9.45. The van der Waals surface area contributed by atoms with Crippen LogP contribution in [0.1, 0.15) is 49.9 Å². The van der Waals surface area contributed by atoms with Crippen molar-refractivity contribution < 1.29 is 49.3 Å². The molecule has 1 atom stereocenters. The van der Waals surface area contributed by atoms with Crippen molar-refractivity contribution in [3.8, 4) is 5.75 Å². The molecule has 2 rings (SSSR count). The van der Waals surface area contributed by atoms with Crippen LogP contribution < -0.4 is 34.3 Å². The second kappa shape index (κ2) is 20.4. The molecular weight excluding hydrogens is 363 g/mol. The average Bonchev–Trinajstić information content (AvgIpc) is 2.72. The molecule has 2 aromatic carbocycles. The van der Waals surface area contributed by atoms with Crippen LogP contribution in [-0.2, 0) is 0 Å². The van der Waals surface area contributed by atoms with Crippen LogP contribution in [0.25, 0.3) is 0 Å². The van der Waals surface area contributed by atoms with Gasteiger partial charge in [-0.05, 0) is 24.3 Å². The van der Waals surface area contributed by atoms with E-state index in [9.17, 15) is 4.79 Å². The van der Waals surface area contributed by atoms with Crippen LogP contribution in [0.5, 0.6) is 5.75 Å².